The first-order valence-electron chi connectivity index (χ1n) is 7.50. The van der Waals surface area contributed by atoms with Crippen LogP contribution in [0.5, 0.6) is 0 Å². The third-order valence-corrected chi connectivity index (χ3v) is 4.14. The van der Waals surface area contributed by atoms with Crippen LogP contribution in [0.3, 0.4) is 0 Å². The Morgan fingerprint density at radius 1 is 1.38 bits per heavy atom. The molecule has 0 fully saturated rings. The first-order chi connectivity index (χ1) is 9.77. The van der Waals surface area contributed by atoms with Gasteiger partial charge in [-0.2, -0.15) is 0 Å². The van der Waals surface area contributed by atoms with Crippen LogP contribution < -0.4 is 0 Å². The van der Waals surface area contributed by atoms with E-state index in [4.69, 9.17) is 0 Å². The molecule has 0 spiro atoms. The predicted molar refractivity (Wildman–Crippen MR) is 84.9 cm³/mol. The van der Waals surface area contributed by atoms with Gasteiger partial charge in [0.25, 0.3) is 0 Å². The zero-order valence-electron chi connectivity index (χ0n) is 13.5. The number of nitrogens with zero attached hydrogens (tertiary/aromatic N) is 2. The number of aromatic carboxylic acids is 1. The molecule has 0 radical (unpaired) electrons. The molecule has 2 aromatic rings. The van der Waals surface area contributed by atoms with Crippen molar-refractivity contribution in [1.82, 2.24) is 9.55 Å². The zero-order chi connectivity index (χ0) is 15.8. The number of benzene rings is 1. The van der Waals surface area contributed by atoms with Gasteiger partial charge in [0.2, 0.25) is 0 Å². The molecule has 114 valence electrons. The lowest BCUT2D eigenvalue weighted by molar-refractivity contribution is 0.0699. The van der Waals surface area contributed by atoms with E-state index < -0.39 is 5.97 Å². The SMILES string of the molecule is CCCc1nc2c(C(=O)O)cccc2n1C(C)C(C)(C)C. The average Bonchev–Trinajstić information content (AvgIpc) is 2.74. The molecule has 0 amide bonds. The number of imidazole rings is 1. The normalized spacial score (nSPS) is 13.6. The van der Waals surface area contributed by atoms with E-state index in [2.05, 4.69) is 44.2 Å². The average molecular weight is 288 g/mol. The lowest BCUT2D eigenvalue weighted by Crippen LogP contribution is -2.23. The summed E-state index contributed by atoms with van der Waals surface area (Å²) in [6, 6.07) is 5.64. The van der Waals surface area contributed by atoms with Crippen molar-refractivity contribution in [2.75, 3.05) is 0 Å². The smallest absolute Gasteiger partial charge is 0.337 e. The van der Waals surface area contributed by atoms with E-state index in [1.807, 2.05) is 6.07 Å². The highest BCUT2D eigenvalue weighted by atomic mass is 16.4. The molecular formula is C17H24N2O2. The van der Waals surface area contributed by atoms with Crippen molar-refractivity contribution >= 4 is 17.0 Å². The summed E-state index contributed by atoms with van der Waals surface area (Å²) in [6.45, 7) is 10.9. The standard InChI is InChI=1S/C17H24N2O2/c1-6-8-14-18-15-12(16(20)21)9-7-10-13(15)19(14)11(2)17(3,4)5/h7,9-11H,6,8H2,1-5H3,(H,20,21). The second kappa shape index (κ2) is 5.51. The Morgan fingerprint density at radius 2 is 2.05 bits per heavy atom. The molecule has 1 heterocycles. The predicted octanol–water partition coefficient (Wildman–Crippen LogP) is 4.29. The summed E-state index contributed by atoms with van der Waals surface area (Å²) < 4.78 is 2.21. The van der Waals surface area contributed by atoms with Gasteiger partial charge in [0.05, 0.1) is 11.1 Å². The topological polar surface area (TPSA) is 55.1 Å². The first kappa shape index (κ1) is 15.5. The number of para-hydroxylation sites is 1. The lowest BCUT2D eigenvalue weighted by atomic mass is 9.87. The number of carboxylic acid groups (broad SMARTS) is 1. The van der Waals surface area contributed by atoms with E-state index in [9.17, 15) is 9.90 Å². The van der Waals surface area contributed by atoms with Crippen LogP contribution in [0.15, 0.2) is 18.2 Å². The molecule has 1 unspecified atom stereocenters. The van der Waals surface area contributed by atoms with Gasteiger partial charge in [0.15, 0.2) is 0 Å². The minimum absolute atomic E-state index is 0.0787. The van der Waals surface area contributed by atoms with Crippen molar-refractivity contribution in [3.8, 4) is 0 Å². The van der Waals surface area contributed by atoms with Gasteiger partial charge in [0, 0.05) is 12.5 Å². The van der Waals surface area contributed by atoms with Gasteiger partial charge in [-0.25, -0.2) is 9.78 Å². The number of hydrogen-bond donors (Lipinski definition) is 1. The second-order valence-corrected chi connectivity index (χ2v) is 6.67. The van der Waals surface area contributed by atoms with Gasteiger partial charge >= 0.3 is 5.97 Å². The molecule has 0 aliphatic rings. The molecule has 0 saturated heterocycles. The van der Waals surface area contributed by atoms with Gasteiger partial charge in [-0.1, -0.05) is 33.8 Å². The molecule has 0 aliphatic heterocycles. The lowest BCUT2D eigenvalue weighted by Gasteiger charge is -2.30. The number of fused-ring (bicyclic) bond motifs is 1. The first-order valence-corrected chi connectivity index (χ1v) is 7.50. The monoisotopic (exact) mass is 288 g/mol. The molecule has 0 aliphatic carbocycles. The van der Waals surface area contributed by atoms with Gasteiger partial charge in [-0.3, -0.25) is 0 Å². The van der Waals surface area contributed by atoms with E-state index in [-0.39, 0.29) is 17.0 Å². The Hall–Kier alpha value is -1.84. The van der Waals surface area contributed by atoms with Crippen LogP contribution >= 0.6 is 0 Å². The maximum absolute atomic E-state index is 11.4. The van der Waals surface area contributed by atoms with Crippen LogP contribution in [-0.2, 0) is 6.42 Å². The van der Waals surface area contributed by atoms with E-state index >= 15 is 0 Å². The highest BCUT2D eigenvalue weighted by Crippen LogP contribution is 2.35. The number of aromatic nitrogens is 2. The van der Waals surface area contributed by atoms with Crippen molar-refractivity contribution in [3.63, 3.8) is 0 Å². The fraction of sp³-hybridized carbons (Fsp3) is 0.529. The number of hydrogen-bond acceptors (Lipinski definition) is 2. The van der Waals surface area contributed by atoms with Crippen LogP contribution in [0.25, 0.3) is 11.0 Å². The van der Waals surface area contributed by atoms with Crippen LogP contribution in [0.2, 0.25) is 0 Å². The molecular weight excluding hydrogens is 264 g/mol. The molecule has 4 heteroatoms. The summed E-state index contributed by atoms with van der Waals surface area (Å²) in [5, 5.41) is 9.36. The third kappa shape index (κ3) is 2.80. The molecule has 1 aromatic heterocycles. The van der Waals surface area contributed by atoms with Crippen LogP contribution in [0, 0.1) is 5.41 Å². The zero-order valence-corrected chi connectivity index (χ0v) is 13.5. The van der Waals surface area contributed by atoms with Gasteiger partial charge < -0.3 is 9.67 Å². The van der Waals surface area contributed by atoms with Gasteiger partial charge in [-0.15, -0.1) is 0 Å². The molecule has 0 bridgehead atoms. The van der Waals surface area contributed by atoms with E-state index in [0.717, 1.165) is 24.2 Å². The maximum Gasteiger partial charge on any atom is 0.337 e. The Morgan fingerprint density at radius 3 is 2.57 bits per heavy atom. The summed E-state index contributed by atoms with van der Waals surface area (Å²) in [6.07, 6.45) is 1.84. The number of carboxylic acids is 1. The fourth-order valence-electron chi connectivity index (χ4n) is 2.56. The molecule has 2 rings (SSSR count). The Balaban J connectivity index is 2.75. The van der Waals surface area contributed by atoms with Crippen LogP contribution in [0.1, 0.15) is 63.3 Å². The number of rotatable bonds is 4. The molecule has 1 aromatic carbocycles. The summed E-state index contributed by atoms with van der Waals surface area (Å²) in [7, 11) is 0. The molecule has 0 saturated carbocycles. The van der Waals surface area contributed by atoms with Crippen molar-refractivity contribution in [3.05, 3.63) is 29.6 Å². The maximum atomic E-state index is 11.4. The van der Waals surface area contributed by atoms with E-state index in [0.29, 0.717) is 5.52 Å². The minimum atomic E-state index is -0.920. The van der Waals surface area contributed by atoms with Crippen molar-refractivity contribution in [2.24, 2.45) is 5.41 Å². The number of aryl methyl sites for hydroxylation is 1. The highest BCUT2D eigenvalue weighted by molar-refractivity contribution is 6.01. The summed E-state index contributed by atoms with van der Waals surface area (Å²) >= 11 is 0. The van der Waals surface area contributed by atoms with Gasteiger partial charge in [-0.05, 0) is 30.9 Å². The van der Waals surface area contributed by atoms with Crippen molar-refractivity contribution in [2.45, 2.75) is 53.5 Å². The molecule has 21 heavy (non-hydrogen) atoms. The van der Waals surface area contributed by atoms with Crippen molar-refractivity contribution < 1.29 is 9.90 Å². The summed E-state index contributed by atoms with van der Waals surface area (Å²) in [5.41, 5.74) is 1.88. The second-order valence-electron chi connectivity index (χ2n) is 6.67. The summed E-state index contributed by atoms with van der Waals surface area (Å²) in [5.74, 6) is 0.0559. The Bertz CT molecular complexity index is 665. The third-order valence-electron chi connectivity index (χ3n) is 4.14. The van der Waals surface area contributed by atoms with E-state index in [1.165, 1.54) is 0 Å². The van der Waals surface area contributed by atoms with Crippen LogP contribution in [0.4, 0.5) is 0 Å². The van der Waals surface area contributed by atoms with Gasteiger partial charge in [0.1, 0.15) is 11.3 Å². The quantitative estimate of drug-likeness (QED) is 0.912. The number of carbonyl (C=O) groups is 1. The summed E-state index contributed by atoms with van der Waals surface area (Å²) in [4.78, 5) is 16.1. The minimum Gasteiger partial charge on any atom is -0.478 e. The Kier molecular flexibility index (Phi) is 4.08. The fourth-order valence-corrected chi connectivity index (χ4v) is 2.56. The molecule has 1 atom stereocenters. The molecule has 1 N–H and O–H groups in total. The largest absolute Gasteiger partial charge is 0.478 e. The van der Waals surface area contributed by atoms with Crippen molar-refractivity contribution in [1.29, 1.82) is 0 Å². The van der Waals surface area contributed by atoms with Crippen LogP contribution in [-0.4, -0.2) is 20.6 Å². The Labute approximate surface area is 125 Å². The highest BCUT2D eigenvalue weighted by Gasteiger charge is 2.26. The van der Waals surface area contributed by atoms with E-state index in [1.54, 1.807) is 12.1 Å². The molecule has 4 nitrogen and oxygen atoms in total.